The molecule has 0 atom stereocenters. The number of benzene rings is 2. The van der Waals surface area contributed by atoms with Crippen LogP contribution in [-0.2, 0) is 0 Å². The lowest BCUT2D eigenvalue weighted by molar-refractivity contribution is 0.0956. The molecule has 6 heteroatoms. The van der Waals surface area contributed by atoms with Crippen LogP contribution >= 0.6 is 11.3 Å². The molecule has 2 N–H and O–H groups in total. The van der Waals surface area contributed by atoms with Gasteiger partial charge in [-0.05, 0) is 41.1 Å². The van der Waals surface area contributed by atoms with Gasteiger partial charge in [0, 0.05) is 16.5 Å². The van der Waals surface area contributed by atoms with Gasteiger partial charge in [0.1, 0.15) is 5.75 Å². The summed E-state index contributed by atoms with van der Waals surface area (Å²) in [6, 6.07) is 17.9. The first-order valence-electron chi connectivity index (χ1n) is 8.26. The van der Waals surface area contributed by atoms with Crippen molar-refractivity contribution in [3.63, 3.8) is 0 Å². The average molecular weight is 373 g/mol. The number of nitrogens with one attached hydrogen (secondary N) is 1. The monoisotopic (exact) mass is 373 g/mol. The van der Waals surface area contributed by atoms with E-state index in [4.69, 9.17) is 0 Å². The molecule has 2 heterocycles. The Labute approximate surface area is 159 Å². The van der Waals surface area contributed by atoms with Crippen molar-refractivity contribution in [1.29, 1.82) is 0 Å². The van der Waals surface area contributed by atoms with Gasteiger partial charge in [0.25, 0.3) is 5.91 Å². The second-order valence-corrected chi connectivity index (χ2v) is 6.63. The fourth-order valence-corrected chi connectivity index (χ4v) is 3.38. The Kier molecular flexibility index (Phi) is 4.63. The van der Waals surface area contributed by atoms with Crippen molar-refractivity contribution in [3.8, 4) is 17.0 Å². The molecule has 4 rings (SSSR count). The van der Waals surface area contributed by atoms with Gasteiger partial charge in [0.05, 0.1) is 23.0 Å². The molecule has 0 aliphatic carbocycles. The van der Waals surface area contributed by atoms with Gasteiger partial charge in [-0.3, -0.25) is 4.79 Å². The molecule has 27 heavy (non-hydrogen) atoms. The summed E-state index contributed by atoms with van der Waals surface area (Å²) < 4.78 is 0. The maximum atomic E-state index is 12.7. The van der Waals surface area contributed by atoms with Crippen LogP contribution in [0.5, 0.6) is 5.75 Å². The molecule has 0 saturated heterocycles. The van der Waals surface area contributed by atoms with Crippen LogP contribution in [0.3, 0.4) is 0 Å². The zero-order valence-electron chi connectivity index (χ0n) is 14.2. The van der Waals surface area contributed by atoms with Crippen molar-refractivity contribution in [2.75, 3.05) is 0 Å². The zero-order chi connectivity index (χ0) is 18.6. The second-order valence-electron chi connectivity index (χ2n) is 5.85. The lowest BCUT2D eigenvalue weighted by atomic mass is 10.0. The largest absolute Gasteiger partial charge is 0.507 e. The van der Waals surface area contributed by atoms with Crippen LogP contribution in [-0.4, -0.2) is 22.2 Å². The van der Waals surface area contributed by atoms with Gasteiger partial charge in [-0.1, -0.05) is 30.3 Å². The van der Waals surface area contributed by atoms with E-state index in [2.05, 4.69) is 15.5 Å². The number of aromatic hydroxyl groups is 1. The SMILES string of the molecule is O=C(NN=Cc1ccsc1)c1cc(-c2ccccc2O)nc2ccccc12. The number of hydrogen-bond acceptors (Lipinski definition) is 5. The molecule has 0 unspecified atom stereocenters. The number of carbonyl (C=O) groups is 1. The normalized spacial score (nSPS) is 11.1. The fourth-order valence-electron chi connectivity index (χ4n) is 2.77. The predicted molar refractivity (Wildman–Crippen MR) is 108 cm³/mol. The molecule has 0 radical (unpaired) electrons. The second kappa shape index (κ2) is 7.39. The minimum atomic E-state index is -0.336. The summed E-state index contributed by atoms with van der Waals surface area (Å²) in [4.78, 5) is 17.3. The number of para-hydroxylation sites is 2. The first-order chi connectivity index (χ1) is 13.2. The number of phenols is 1. The third kappa shape index (κ3) is 3.56. The molecule has 0 bridgehead atoms. The molecule has 2 aromatic carbocycles. The average Bonchev–Trinajstić information content (AvgIpc) is 3.21. The van der Waals surface area contributed by atoms with Gasteiger partial charge < -0.3 is 5.11 Å². The molecule has 2 aromatic heterocycles. The van der Waals surface area contributed by atoms with E-state index in [1.807, 2.05) is 47.2 Å². The van der Waals surface area contributed by atoms with Crippen LogP contribution in [0.25, 0.3) is 22.2 Å². The lowest BCUT2D eigenvalue weighted by Crippen LogP contribution is -2.18. The summed E-state index contributed by atoms with van der Waals surface area (Å²) in [7, 11) is 0. The Morgan fingerprint density at radius 2 is 1.93 bits per heavy atom. The molecule has 1 amide bonds. The molecule has 0 saturated carbocycles. The van der Waals surface area contributed by atoms with Crippen molar-refractivity contribution < 1.29 is 9.90 Å². The Balaban J connectivity index is 1.74. The number of nitrogens with zero attached hydrogens (tertiary/aromatic N) is 2. The highest BCUT2D eigenvalue weighted by molar-refractivity contribution is 7.08. The van der Waals surface area contributed by atoms with Gasteiger partial charge in [0.15, 0.2) is 0 Å². The Morgan fingerprint density at radius 1 is 1.11 bits per heavy atom. The van der Waals surface area contributed by atoms with Gasteiger partial charge in [-0.15, -0.1) is 0 Å². The van der Waals surface area contributed by atoms with Crippen molar-refractivity contribution in [2.45, 2.75) is 0 Å². The summed E-state index contributed by atoms with van der Waals surface area (Å²) in [6.07, 6.45) is 1.60. The van der Waals surface area contributed by atoms with Crippen LogP contribution in [0.15, 0.2) is 76.5 Å². The standard InChI is InChI=1S/C21H15N3O2S/c25-20-8-4-2-6-16(20)19-11-17(15-5-1-3-7-18(15)23-19)21(26)24-22-12-14-9-10-27-13-14/h1-13,25H,(H,24,26). The van der Waals surface area contributed by atoms with Crippen molar-refractivity contribution in [2.24, 2.45) is 5.10 Å². The lowest BCUT2D eigenvalue weighted by Gasteiger charge is -2.10. The van der Waals surface area contributed by atoms with Crippen LogP contribution in [0.4, 0.5) is 0 Å². The summed E-state index contributed by atoms with van der Waals surface area (Å²) in [5.74, 6) is -0.223. The Morgan fingerprint density at radius 3 is 2.74 bits per heavy atom. The Hall–Kier alpha value is -3.51. The van der Waals surface area contributed by atoms with E-state index in [0.717, 1.165) is 10.9 Å². The minimum Gasteiger partial charge on any atom is -0.507 e. The zero-order valence-corrected chi connectivity index (χ0v) is 15.0. The quantitative estimate of drug-likeness (QED) is 0.410. The van der Waals surface area contributed by atoms with Gasteiger partial charge in [-0.25, -0.2) is 10.4 Å². The van der Waals surface area contributed by atoms with E-state index in [0.29, 0.717) is 22.3 Å². The molecule has 5 nitrogen and oxygen atoms in total. The predicted octanol–water partition coefficient (Wildman–Crippen LogP) is 4.43. The third-order valence-corrected chi connectivity index (χ3v) is 4.77. The van der Waals surface area contributed by atoms with E-state index in [1.165, 1.54) is 0 Å². The Bertz CT molecular complexity index is 1140. The number of phenolic OH excluding ortho intramolecular Hbond substituents is 1. The maximum absolute atomic E-state index is 12.7. The van der Waals surface area contributed by atoms with Gasteiger partial charge >= 0.3 is 0 Å². The van der Waals surface area contributed by atoms with Crippen LogP contribution in [0.2, 0.25) is 0 Å². The highest BCUT2D eigenvalue weighted by Crippen LogP contribution is 2.30. The van der Waals surface area contributed by atoms with Crippen LogP contribution in [0.1, 0.15) is 15.9 Å². The van der Waals surface area contributed by atoms with Crippen molar-refractivity contribution in [3.05, 3.63) is 82.6 Å². The van der Waals surface area contributed by atoms with E-state index in [9.17, 15) is 9.90 Å². The number of thiophene rings is 1. The number of hydrogen-bond donors (Lipinski definition) is 2. The highest BCUT2D eigenvalue weighted by atomic mass is 32.1. The fraction of sp³-hybridized carbons (Fsp3) is 0. The van der Waals surface area contributed by atoms with Crippen molar-refractivity contribution >= 4 is 34.4 Å². The molecular formula is C21H15N3O2S. The smallest absolute Gasteiger partial charge is 0.272 e. The third-order valence-electron chi connectivity index (χ3n) is 4.06. The number of pyridine rings is 1. The molecule has 0 spiro atoms. The molecule has 132 valence electrons. The summed E-state index contributed by atoms with van der Waals surface area (Å²) in [5, 5.41) is 18.8. The molecule has 4 aromatic rings. The maximum Gasteiger partial charge on any atom is 0.272 e. The molecular weight excluding hydrogens is 358 g/mol. The molecule has 0 fully saturated rings. The summed E-state index contributed by atoms with van der Waals surface area (Å²) in [5.41, 5.74) is 5.71. The van der Waals surface area contributed by atoms with E-state index in [1.54, 1.807) is 41.8 Å². The van der Waals surface area contributed by atoms with Crippen LogP contribution in [0, 0.1) is 0 Å². The molecule has 0 aliphatic rings. The number of rotatable bonds is 4. The number of carbonyl (C=O) groups excluding carboxylic acids is 1. The first-order valence-corrected chi connectivity index (χ1v) is 9.20. The highest BCUT2D eigenvalue weighted by Gasteiger charge is 2.15. The van der Waals surface area contributed by atoms with Gasteiger partial charge in [-0.2, -0.15) is 16.4 Å². The van der Waals surface area contributed by atoms with E-state index >= 15 is 0 Å². The summed E-state index contributed by atoms with van der Waals surface area (Å²) in [6.45, 7) is 0. The van der Waals surface area contributed by atoms with Gasteiger partial charge in [0.2, 0.25) is 0 Å². The van der Waals surface area contributed by atoms with E-state index in [-0.39, 0.29) is 11.7 Å². The number of amides is 1. The number of hydrazone groups is 1. The number of fused-ring (bicyclic) bond motifs is 1. The first kappa shape index (κ1) is 16.9. The topological polar surface area (TPSA) is 74.6 Å². The van der Waals surface area contributed by atoms with Crippen LogP contribution < -0.4 is 5.43 Å². The van der Waals surface area contributed by atoms with E-state index < -0.39 is 0 Å². The number of aromatic nitrogens is 1. The van der Waals surface area contributed by atoms with Crippen molar-refractivity contribution in [1.82, 2.24) is 10.4 Å². The molecule has 0 aliphatic heterocycles. The summed E-state index contributed by atoms with van der Waals surface area (Å²) >= 11 is 1.56. The minimum absolute atomic E-state index is 0.113.